The highest BCUT2D eigenvalue weighted by atomic mass is 16.5. The first-order valence-corrected chi connectivity index (χ1v) is 7.86. The molecule has 2 aromatic rings. The molecule has 1 N–H and O–H groups in total. The van der Waals surface area contributed by atoms with Crippen LogP contribution in [0.1, 0.15) is 23.6 Å². The highest BCUT2D eigenvalue weighted by molar-refractivity contribution is 5.93. The van der Waals surface area contributed by atoms with Gasteiger partial charge < -0.3 is 10.1 Å². The van der Waals surface area contributed by atoms with E-state index < -0.39 is 0 Å². The number of ether oxygens (including phenoxy) is 1. The van der Waals surface area contributed by atoms with Crippen LogP contribution in [0.3, 0.4) is 0 Å². The predicted molar refractivity (Wildman–Crippen MR) is 86.2 cm³/mol. The molecule has 3 heteroatoms. The molecular formula is C19H19NO2. The molecule has 112 valence electrons. The van der Waals surface area contributed by atoms with Gasteiger partial charge in [-0.1, -0.05) is 24.3 Å². The summed E-state index contributed by atoms with van der Waals surface area (Å²) in [5.41, 5.74) is 4.66. The summed E-state index contributed by atoms with van der Waals surface area (Å²) in [6.07, 6.45) is 2.82. The minimum absolute atomic E-state index is 0.0424. The van der Waals surface area contributed by atoms with Gasteiger partial charge in [0, 0.05) is 18.0 Å². The molecule has 1 unspecified atom stereocenters. The van der Waals surface area contributed by atoms with Gasteiger partial charge in [-0.15, -0.1) is 0 Å². The topological polar surface area (TPSA) is 38.3 Å². The van der Waals surface area contributed by atoms with Gasteiger partial charge >= 0.3 is 0 Å². The number of benzene rings is 2. The molecule has 0 fully saturated rings. The van der Waals surface area contributed by atoms with Crippen molar-refractivity contribution in [3.05, 3.63) is 59.2 Å². The van der Waals surface area contributed by atoms with E-state index in [-0.39, 0.29) is 17.9 Å². The Morgan fingerprint density at radius 3 is 2.50 bits per heavy atom. The van der Waals surface area contributed by atoms with E-state index in [4.69, 9.17) is 4.74 Å². The first-order valence-electron chi connectivity index (χ1n) is 7.86. The second-order valence-corrected chi connectivity index (χ2v) is 6.32. The van der Waals surface area contributed by atoms with E-state index in [9.17, 15) is 4.79 Å². The van der Waals surface area contributed by atoms with Crippen LogP contribution < -0.4 is 10.1 Å². The van der Waals surface area contributed by atoms with Gasteiger partial charge in [0.15, 0.2) is 0 Å². The second kappa shape index (κ2) is 5.16. The zero-order chi connectivity index (χ0) is 15.1. The summed E-state index contributed by atoms with van der Waals surface area (Å²) in [4.78, 5) is 12.5. The van der Waals surface area contributed by atoms with Crippen LogP contribution in [0.4, 0.5) is 5.69 Å². The Kier molecular flexibility index (Phi) is 3.14. The lowest BCUT2D eigenvalue weighted by Crippen LogP contribution is -2.23. The largest absolute Gasteiger partial charge is 0.490 e. The molecule has 0 aromatic heterocycles. The lowest BCUT2D eigenvalue weighted by Gasteiger charge is -2.11. The SMILES string of the molecule is CC1Cc2cc(NC(=O)C3Cc4ccccc4C3)ccc2O1. The average molecular weight is 293 g/mol. The van der Waals surface area contributed by atoms with Crippen molar-refractivity contribution < 1.29 is 9.53 Å². The molecule has 1 amide bonds. The van der Waals surface area contributed by atoms with Gasteiger partial charge in [0.1, 0.15) is 11.9 Å². The van der Waals surface area contributed by atoms with Crippen molar-refractivity contribution in [2.24, 2.45) is 5.92 Å². The molecule has 2 aliphatic rings. The quantitative estimate of drug-likeness (QED) is 0.922. The van der Waals surface area contributed by atoms with Gasteiger partial charge in [0.25, 0.3) is 0 Å². The van der Waals surface area contributed by atoms with Crippen LogP contribution in [0.5, 0.6) is 5.75 Å². The Balaban J connectivity index is 1.47. The number of amides is 1. The average Bonchev–Trinajstić information content (AvgIpc) is 3.08. The molecule has 0 spiro atoms. The second-order valence-electron chi connectivity index (χ2n) is 6.32. The molecule has 1 atom stereocenters. The molecule has 1 aliphatic heterocycles. The molecule has 2 aromatic carbocycles. The summed E-state index contributed by atoms with van der Waals surface area (Å²) < 4.78 is 5.70. The molecule has 3 nitrogen and oxygen atoms in total. The summed E-state index contributed by atoms with van der Waals surface area (Å²) in [6.45, 7) is 2.06. The van der Waals surface area contributed by atoms with Crippen LogP contribution >= 0.6 is 0 Å². The van der Waals surface area contributed by atoms with E-state index in [1.165, 1.54) is 16.7 Å². The van der Waals surface area contributed by atoms with E-state index in [0.29, 0.717) is 0 Å². The van der Waals surface area contributed by atoms with E-state index in [1.807, 2.05) is 30.3 Å². The maximum absolute atomic E-state index is 12.5. The Morgan fingerprint density at radius 1 is 1.05 bits per heavy atom. The van der Waals surface area contributed by atoms with Crippen LogP contribution in [-0.2, 0) is 24.1 Å². The fraction of sp³-hybridized carbons (Fsp3) is 0.316. The number of fused-ring (bicyclic) bond motifs is 2. The van der Waals surface area contributed by atoms with Gasteiger partial charge in [-0.2, -0.15) is 0 Å². The van der Waals surface area contributed by atoms with Crippen molar-refractivity contribution in [3.8, 4) is 5.75 Å². The van der Waals surface area contributed by atoms with Crippen LogP contribution in [-0.4, -0.2) is 12.0 Å². The van der Waals surface area contributed by atoms with E-state index in [0.717, 1.165) is 30.7 Å². The molecular weight excluding hydrogens is 274 g/mol. The number of carbonyl (C=O) groups excluding carboxylic acids is 1. The fourth-order valence-corrected chi connectivity index (χ4v) is 3.49. The molecule has 1 heterocycles. The Hall–Kier alpha value is -2.29. The predicted octanol–water partition coefficient (Wildman–Crippen LogP) is 3.36. The van der Waals surface area contributed by atoms with E-state index in [2.05, 4.69) is 24.4 Å². The molecule has 1 aliphatic carbocycles. The number of nitrogens with one attached hydrogen (secondary N) is 1. The zero-order valence-corrected chi connectivity index (χ0v) is 12.6. The minimum atomic E-state index is 0.0424. The van der Waals surface area contributed by atoms with Crippen LogP contribution in [0.25, 0.3) is 0 Å². The smallest absolute Gasteiger partial charge is 0.228 e. The van der Waals surface area contributed by atoms with Crippen molar-refractivity contribution in [2.75, 3.05) is 5.32 Å². The summed E-state index contributed by atoms with van der Waals surface area (Å²) in [5, 5.41) is 3.07. The van der Waals surface area contributed by atoms with Gasteiger partial charge in [0.2, 0.25) is 5.91 Å². The van der Waals surface area contributed by atoms with Gasteiger partial charge in [0.05, 0.1) is 0 Å². The Morgan fingerprint density at radius 2 is 1.77 bits per heavy atom. The molecule has 0 saturated carbocycles. The summed E-state index contributed by atoms with van der Waals surface area (Å²) in [7, 11) is 0. The van der Waals surface area contributed by atoms with Gasteiger partial charge in [-0.05, 0) is 54.7 Å². The maximum atomic E-state index is 12.5. The van der Waals surface area contributed by atoms with Crippen molar-refractivity contribution in [2.45, 2.75) is 32.3 Å². The molecule has 0 bridgehead atoms. The van der Waals surface area contributed by atoms with Crippen LogP contribution in [0.15, 0.2) is 42.5 Å². The fourth-order valence-electron chi connectivity index (χ4n) is 3.49. The number of anilines is 1. The number of carbonyl (C=O) groups is 1. The summed E-state index contributed by atoms with van der Waals surface area (Å²) in [6, 6.07) is 14.3. The highest BCUT2D eigenvalue weighted by Gasteiger charge is 2.27. The standard InChI is InChI=1S/C19H19NO2/c1-12-8-15-11-17(6-7-18(15)22-12)20-19(21)16-9-13-4-2-3-5-14(13)10-16/h2-7,11-12,16H,8-10H2,1H3,(H,20,21). The molecule has 22 heavy (non-hydrogen) atoms. The van der Waals surface area contributed by atoms with Crippen molar-refractivity contribution in [1.29, 1.82) is 0 Å². The van der Waals surface area contributed by atoms with E-state index >= 15 is 0 Å². The first kappa shape index (κ1) is 13.4. The highest BCUT2D eigenvalue weighted by Crippen LogP contribution is 2.32. The number of rotatable bonds is 2. The van der Waals surface area contributed by atoms with Crippen molar-refractivity contribution in [3.63, 3.8) is 0 Å². The third-order valence-electron chi connectivity index (χ3n) is 4.59. The van der Waals surface area contributed by atoms with Crippen LogP contribution in [0, 0.1) is 5.92 Å². The summed E-state index contributed by atoms with van der Waals surface area (Å²) >= 11 is 0. The first-order chi connectivity index (χ1) is 10.7. The van der Waals surface area contributed by atoms with Crippen LogP contribution in [0.2, 0.25) is 0 Å². The van der Waals surface area contributed by atoms with Crippen molar-refractivity contribution in [1.82, 2.24) is 0 Å². The third-order valence-corrected chi connectivity index (χ3v) is 4.59. The van der Waals surface area contributed by atoms with Crippen molar-refractivity contribution >= 4 is 11.6 Å². The van der Waals surface area contributed by atoms with Gasteiger partial charge in [-0.3, -0.25) is 4.79 Å². The molecule has 0 saturated heterocycles. The lowest BCUT2D eigenvalue weighted by molar-refractivity contribution is -0.119. The monoisotopic (exact) mass is 293 g/mol. The third kappa shape index (κ3) is 2.37. The van der Waals surface area contributed by atoms with Gasteiger partial charge in [-0.25, -0.2) is 0 Å². The minimum Gasteiger partial charge on any atom is -0.490 e. The molecule has 0 radical (unpaired) electrons. The molecule has 4 rings (SSSR count). The summed E-state index contributed by atoms with van der Waals surface area (Å²) in [5.74, 6) is 1.10. The lowest BCUT2D eigenvalue weighted by atomic mass is 10.0. The number of hydrogen-bond donors (Lipinski definition) is 1. The maximum Gasteiger partial charge on any atom is 0.228 e. The normalized spacial score (nSPS) is 19.4. The van der Waals surface area contributed by atoms with E-state index in [1.54, 1.807) is 0 Å². The Bertz CT molecular complexity index is 713. The number of hydrogen-bond acceptors (Lipinski definition) is 2. The zero-order valence-electron chi connectivity index (χ0n) is 12.6. The Labute approximate surface area is 130 Å².